The van der Waals surface area contributed by atoms with E-state index in [1.807, 2.05) is 0 Å². The van der Waals surface area contributed by atoms with Crippen LogP contribution in [0.1, 0.15) is 30.4 Å². The molecule has 0 radical (unpaired) electrons. The summed E-state index contributed by atoms with van der Waals surface area (Å²) >= 11 is 0. The summed E-state index contributed by atoms with van der Waals surface area (Å²) in [6.07, 6.45) is -4.18. The van der Waals surface area contributed by atoms with Crippen LogP contribution in [-0.4, -0.2) is 17.6 Å². The van der Waals surface area contributed by atoms with E-state index in [0.717, 1.165) is 12.1 Å². The van der Waals surface area contributed by atoms with Crippen LogP contribution in [0.2, 0.25) is 0 Å². The number of nitrogens with two attached hydrogens (primary N) is 1. The number of benzene rings is 1. The Balaban J connectivity index is 2.88. The van der Waals surface area contributed by atoms with Gasteiger partial charge in [-0.1, -0.05) is 25.1 Å². The van der Waals surface area contributed by atoms with Gasteiger partial charge in [-0.15, -0.1) is 0 Å². The molecule has 106 valence electrons. The second kappa shape index (κ2) is 6.06. The van der Waals surface area contributed by atoms with Crippen molar-refractivity contribution in [2.45, 2.75) is 25.4 Å². The number of halogens is 3. The molecule has 0 spiro atoms. The normalized spacial score (nSPS) is 15.0. The zero-order chi connectivity index (χ0) is 14.6. The molecule has 1 rings (SSSR count). The molecule has 1 aromatic rings. The summed E-state index contributed by atoms with van der Waals surface area (Å²) in [5.41, 5.74) is 5.08. The van der Waals surface area contributed by atoms with Crippen LogP contribution in [0.25, 0.3) is 0 Å². The summed E-state index contributed by atoms with van der Waals surface area (Å²) < 4.78 is 37.7. The maximum Gasteiger partial charge on any atom is 0.416 e. The Labute approximate surface area is 109 Å². The van der Waals surface area contributed by atoms with Gasteiger partial charge in [0.05, 0.1) is 11.5 Å². The number of carboxylic acids is 1. The quantitative estimate of drug-likeness (QED) is 0.868. The van der Waals surface area contributed by atoms with Crippen molar-refractivity contribution >= 4 is 5.97 Å². The van der Waals surface area contributed by atoms with Crippen molar-refractivity contribution in [3.05, 3.63) is 35.4 Å². The lowest BCUT2D eigenvalue weighted by atomic mass is 9.89. The van der Waals surface area contributed by atoms with Gasteiger partial charge in [0.2, 0.25) is 0 Å². The highest BCUT2D eigenvalue weighted by Gasteiger charge is 2.31. The molecule has 0 heterocycles. The minimum atomic E-state index is -4.39. The van der Waals surface area contributed by atoms with Crippen molar-refractivity contribution in [2.75, 3.05) is 6.54 Å². The van der Waals surface area contributed by atoms with Crippen molar-refractivity contribution in [3.8, 4) is 0 Å². The van der Waals surface area contributed by atoms with E-state index in [2.05, 4.69) is 0 Å². The van der Waals surface area contributed by atoms with Crippen LogP contribution < -0.4 is 5.73 Å². The van der Waals surface area contributed by atoms with Crippen molar-refractivity contribution in [1.82, 2.24) is 0 Å². The molecule has 0 aliphatic heterocycles. The number of rotatable bonds is 5. The van der Waals surface area contributed by atoms with Gasteiger partial charge in [0.25, 0.3) is 0 Å². The molecule has 3 N–H and O–H groups in total. The number of hydrogen-bond acceptors (Lipinski definition) is 2. The number of alkyl halides is 3. The van der Waals surface area contributed by atoms with E-state index in [-0.39, 0.29) is 18.9 Å². The fourth-order valence-corrected chi connectivity index (χ4v) is 1.88. The van der Waals surface area contributed by atoms with Gasteiger partial charge in [-0.25, -0.2) is 0 Å². The van der Waals surface area contributed by atoms with Crippen LogP contribution in [0.4, 0.5) is 13.2 Å². The fourth-order valence-electron chi connectivity index (χ4n) is 1.88. The van der Waals surface area contributed by atoms with Gasteiger partial charge < -0.3 is 10.8 Å². The molecular formula is C13H16F3NO2. The molecule has 0 aliphatic carbocycles. The Morgan fingerprint density at radius 1 is 1.42 bits per heavy atom. The summed E-state index contributed by atoms with van der Waals surface area (Å²) in [6.45, 7) is 1.67. The largest absolute Gasteiger partial charge is 0.481 e. The molecular weight excluding hydrogens is 259 g/mol. The van der Waals surface area contributed by atoms with Crippen LogP contribution >= 0.6 is 0 Å². The van der Waals surface area contributed by atoms with Crippen molar-refractivity contribution in [2.24, 2.45) is 11.7 Å². The zero-order valence-corrected chi connectivity index (χ0v) is 10.4. The standard InChI is InChI=1S/C13H16F3NO2/c1-8(5-10(7-17)12(18)19)9-3-2-4-11(6-9)13(14,15)16/h2-4,6,8,10H,5,7,17H2,1H3,(H,18,19). The van der Waals surface area contributed by atoms with E-state index in [0.29, 0.717) is 5.56 Å². The third-order valence-corrected chi connectivity index (χ3v) is 3.05. The SMILES string of the molecule is CC(CC(CN)C(=O)O)c1cccc(C(F)(F)F)c1. The first kappa shape index (κ1) is 15.5. The highest BCUT2D eigenvalue weighted by atomic mass is 19.4. The fraction of sp³-hybridized carbons (Fsp3) is 0.462. The smallest absolute Gasteiger partial charge is 0.416 e. The Bertz CT molecular complexity index is 446. The molecule has 2 unspecified atom stereocenters. The van der Waals surface area contributed by atoms with Crippen LogP contribution in [0, 0.1) is 5.92 Å². The Morgan fingerprint density at radius 3 is 2.53 bits per heavy atom. The summed E-state index contributed by atoms with van der Waals surface area (Å²) in [5.74, 6) is -2.07. The van der Waals surface area contributed by atoms with Gasteiger partial charge in [0.1, 0.15) is 0 Å². The summed E-state index contributed by atoms with van der Waals surface area (Å²) in [4.78, 5) is 10.9. The van der Waals surface area contributed by atoms with Crippen LogP contribution in [0.5, 0.6) is 0 Å². The average Bonchev–Trinajstić information content (AvgIpc) is 2.34. The molecule has 2 atom stereocenters. The monoisotopic (exact) mass is 275 g/mol. The van der Waals surface area contributed by atoms with Crippen LogP contribution in [0.15, 0.2) is 24.3 Å². The topological polar surface area (TPSA) is 63.3 Å². The van der Waals surface area contributed by atoms with Crippen molar-refractivity contribution < 1.29 is 23.1 Å². The van der Waals surface area contributed by atoms with E-state index in [1.54, 1.807) is 13.0 Å². The Kier molecular flexibility index (Phi) is 4.94. The van der Waals surface area contributed by atoms with E-state index in [4.69, 9.17) is 10.8 Å². The summed E-state index contributed by atoms with van der Waals surface area (Å²) in [7, 11) is 0. The zero-order valence-electron chi connectivity index (χ0n) is 10.4. The number of aliphatic carboxylic acids is 1. The lowest BCUT2D eigenvalue weighted by Crippen LogP contribution is -2.24. The Hall–Kier alpha value is -1.56. The Morgan fingerprint density at radius 2 is 2.05 bits per heavy atom. The van der Waals surface area contributed by atoms with Crippen LogP contribution in [-0.2, 0) is 11.0 Å². The number of carboxylic acid groups (broad SMARTS) is 1. The molecule has 6 heteroatoms. The van der Waals surface area contributed by atoms with Gasteiger partial charge in [0.15, 0.2) is 0 Å². The summed E-state index contributed by atoms with van der Waals surface area (Å²) in [6, 6.07) is 4.94. The van der Waals surface area contributed by atoms with E-state index in [9.17, 15) is 18.0 Å². The molecule has 0 saturated heterocycles. The number of carbonyl (C=O) groups is 1. The van der Waals surface area contributed by atoms with Gasteiger partial charge in [-0.05, 0) is 24.0 Å². The number of hydrogen-bond donors (Lipinski definition) is 2. The minimum absolute atomic E-state index is 0.0291. The molecule has 0 saturated carbocycles. The van der Waals surface area contributed by atoms with Gasteiger partial charge >= 0.3 is 12.1 Å². The highest BCUT2D eigenvalue weighted by Crippen LogP contribution is 2.32. The first-order valence-electron chi connectivity index (χ1n) is 5.85. The maximum atomic E-state index is 12.6. The molecule has 0 aromatic heterocycles. The first-order chi connectivity index (χ1) is 8.75. The highest BCUT2D eigenvalue weighted by molar-refractivity contribution is 5.70. The van der Waals surface area contributed by atoms with Gasteiger partial charge in [0, 0.05) is 6.54 Å². The van der Waals surface area contributed by atoms with Crippen molar-refractivity contribution in [1.29, 1.82) is 0 Å². The lowest BCUT2D eigenvalue weighted by Gasteiger charge is -2.17. The van der Waals surface area contributed by atoms with Gasteiger partial charge in [-0.3, -0.25) is 4.79 Å². The van der Waals surface area contributed by atoms with Crippen molar-refractivity contribution in [3.63, 3.8) is 0 Å². The second-order valence-corrected chi connectivity index (χ2v) is 4.53. The second-order valence-electron chi connectivity index (χ2n) is 4.53. The van der Waals surface area contributed by atoms with E-state index < -0.39 is 23.6 Å². The molecule has 0 aliphatic rings. The molecule has 0 bridgehead atoms. The summed E-state index contributed by atoms with van der Waals surface area (Å²) in [5, 5.41) is 8.89. The molecule has 3 nitrogen and oxygen atoms in total. The first-order valence-corrected chi connectivity index (χ1v) is 5.85. The predicted octanol–water partition coefficient (Wildman–Crippen LogP) is 2.86. The molecule has 0 amide bonds. The molecule has 0 fully saturated rings. The third kappa shape index (κ3) is 4.24. The molecule has 19 heavy (non-hydrogen) atoms. The van der Waals surface area contributed by atoms with E-state index >= 15 is 0 Å². The lowest BCUT2D eigenvalue weighted by molar-refractivity contribution is -0.142. The van der Waals surface area contributed by atoms with E-state index in [1.165, 1.54) is 6.07 Å². The average molecular weight is 275 g/mol. The minimum Gasteiger partial charge on any atom is -0.481 e. The third-order valence-electron chi connectivity index (χ3n) is 3.05. The van der Waals surface area contributed by atoms with Gasteiger partial charge in [-0.2, -0.15) is 13.2 Å². The maximum absolute atomic E-state index is 12.6. The van der Waals surface area contributed by atoms with Crippen LogP contribution in [0.3, 0.4) is 0 Å². The molecule has 1 aromatic carbocycles. The predicted molar refractivity (Wildman–Crippen MR) is 64.7 cm³/mol.